The molecule has 0 amide bonds. The zero-order valence-electron chi connectivity index (χ0n) is 9.24. The van der Waals surface area contributed by atoms with E-state index in [1.807, 2.05) is 13.0 Å². The molecule has 0 aliphatic heterocycles. The number of ether oxygens (including phenoxy) is 1. The number of nitrogens with zero attached hydrogens (tertiary/aromatic N) is 1. The van der Waals surface area contributed by atoms with Crippen LogP contribution in [-0.2, 0) is 6.42 Å². The highest BCUT2D eigenvalue weighted by Crippen LogP contribution is 2.18. The molecule has 16 heavy (non-hydrogen) atoms. The second-order valence-electron chi connectivity index (χ2n) is 3.48. The molecule has 0 fully saturated rings. The van der Waals surface area contributed by atoms with Gasteiger partial charge in [0.05, 0.1) is 0 Å². The van der Waals surface area contributed by atoms with E-state index in [9.17, 15) is 4.39 Å². The van der Waals surface area contributed by atoms with Crippen LogP contribution in [0.3, 0.4) is 0 Å². The summed E-state index contributed by atoms with van der Waals surface area (Å²) in [6, 6.07) is 6.42. The SMILES string of the molecule is CCC(C#N)Oc1cc(F)cc(CCN)c1. The third-order valence-corrected chi connectivity index (χ3v) is 2.16. The summed E-state index contributed by atoms with van der Waals surface area (Å²) in [6.07, 6.45) is 0.629. The van der Waals surface area contributed by atoms with Gasteiger partial charge in [-0.15, -0.1) is 0 Å². The topological polar surface area (TPSA) is 59.0 Å². The number of halogens is 1. The number of rotatable bonds is 5. The van der Waals surface area contributed by atoms with Gasteiger partial charge in [-0.3, -0.25) is 0 Å². The van der Waals surface area contributed by atoms with Crippen LogP contribution >= 0.6 is 0 Å². The molecular formula is C12H15FN2O. The molecule has 0 bridgehead atoms. The molecule has 3 nitrogen and oxygen atoms in total. The maximum Gasteiger partial charge on any atom is 0.184 e. The number of benzene rings is 1. The van der Waals surface area contributed by atoms with Crippen molar-refractivity contribution in [2.45, 2.75) is 25.9 Å². The van der Waals surface area contributed by atoms with Crippen LogP contribution in [0.5, 0.6) is 5.75 Å². The molecule has 0 aliphatic rings. The van der Waals surface area contributed by atoms with E-state index >= 15 is 0 Å². The first kappa shape index (κ1) is 12.5. The fourth-order valence-electron chi connectivity index (χ4n) is 1.37. The Morgan fingerprint density at radius 2 is 2.25 bits per heavy atom. The van der Waals surface area contributed by atoms with Crippen molar-refractivity contribution in [2.24, 2.45) is 5.73 Å². The minimum atomic E-state index is -0.535. The Balaban J connectivity index is 2.84. The molecule has 1 atom stereocenters. The minimum absolute atomic E-state index is 0.367. The maximum absolute atomic E-state index is 13.2. The lowest BCUT2D eigenvalue weighted by Gasteiger charge is -2.11. The quantitative estimate of drug-likeness (QED) is 0.829. The van der Waals surface area contributed by atoms with Gasteiger partial charge in [0, 0.05) is 6.07 Å². The highest BCUT2D eigenvalue weighted by molar-refractivity contribution is 5.30. The summed E-state index contributed by atoms with van der Waals surface area (Å²) in [5.74, 6) is 0.0191. The normalized spacial score (nSPS) is 11.9. The lowest BCUT2D eigenvalue weighted by atomic mass is 10.1. The predicted octanol–water partition coefficient (Wildman–Crippen LogP) is 2.01. The standard InChI is InChI=1S/C12H15FN2O/c1-2-11(8-15)16-12-6-9(3-4-14)5-10(13)7-12/h5-7,11H,2-4,14H2,1H3. The summed E-state index contributed by atoms with van der Waals surface area (Å²) in [6.45, 7) is 2.30. The van der Waals surface area contributed by atoms with E-state index in [1.54, 1.807) is 6.07 Å². The first-order valence-electron chi connectivity index (χ1n) is 5.25. The molecule has 4 heteroatoms. The average Bonchev–Trinajstić information content (AvgIpc) is 2.25. The summed E-state index contributed by atoms with van der Waals surface area (Å²) < 4.78 is 18.5. The Morgan fingerprint density at radius 1 is 1.50 bits per heavy atom. The van der Waals surface area contributed by atoms with Crippen LogP contribution in [-0.4, -0.2) is 12.6 Å². The van der Waals surface area contributed by atoms with Gasteiger partial charge in [0.1, 0.15) is 17.6 Å². The summed E-state index contributed by atoms with van der Waals surface area (Å²) in [4.78, 5) is 0. The van der Waals surface area contributed by atoms with Crippen LogP contribution in [0.15, 0.2) is 18.2 Å². The molecule has 0 saturated heterocycles. The number of hydrogen-bond acceptors (Lipinski definition) is 3. The van der Waals surface area contributed by atoms with Crippen molar-refractivity contribution >= 4 is 0 Å². The van der Waals surface area contributed by atoms with Crippen LogP contribution in [0.25, 0.3) is 0 Å². The van der Waals surface area contributed by atoms with Crippen molar-refractivity contribution in [2.75, 3.05) is 6.54 Å². The maximum atomic E-state index is 13.2. The zero-order valence-corrected chi connectivity index (χ0v) is 9.24. The Hall–Kier alpha value is -1.60. The molecule has 1 rings (SSSR count). The van der Waals surface area contributed by atoms with Gasteiger partial charge in [-0.1, -0.05) is 6.92 Å². The summed E-state index contributed by atoms with van der Waals surface area (Å²) in [7, 11) is 0. The minimum Gasteiger partial charge on any atom is -0.475 e. The second-order valence-corrected chi connectivity index (χ2v) is 3.48. The second kappa shape index (κ2) is 6.09. The predicted molar refractivity (Wildman–Crippen MR) is 59.5 cm³/mol. The van der Waals surface area contributed by atoms with Crippen molar-refractivity contribution < 1.29 is 9.13 Å². The van der Waals surface area contributed by atoms with Gasteiger partial charge in [0.2, 0.25) is 0 Å². The van der Waals surface area contributed by atoms with E-state index in [1.165, 1.54) is 12.1 Å². The number of nitrogens with two attached hydrogens (primary N) is 1. The molecule has 1 aromatic carbocycles. The van der Waals surface area contributed by atoms with Gasteiger partial charge < -0.3 is 10.5 Å². The zero-order chi connectivity index (χ0) is 12.0. The van der Waals surface area contributed by atoms with E-state index in [-0.39, 0.29) is 5.82 Å². The summed E-state index contributed by atoms with van der Waals surface area (Å²) in [5.41, 5.74) is 6.18. The van der Waals surface area contributed by atoms with Crippen molar-refractivity contribution in [3.8, 4) is 11.8 Å². The molecule has 0 saturated carbocycles. The van der Waals surface area contributed by atoms with E-state index in [0.717, 1.165) is 5.56 Å². The Bertz CT molecular complexity index is 387. The van der Waals surface area contributed by atoms with Crippen molar-refractivity contribution in [1.82, 2.24) is 0 Å². The van der Waals surface area contributed by atoms with Gasteiger partial charge in [-0.05, 0) is 37.1 Å². The van der Waals surface area contributed by atoms with Gasteiger partial charge in [0.15, 0.2) is 6.10 Å². The fraction of sp³-hybridized carbons (Fsp3) is 0.417. The third kappa shape index (κ3) is 3.52. The van der Waals surface area contributed by atoms with Crippen LogP contribution in [0.4, 0.5) is 4.39 Å². The summed E-state index contributed by atoms with van der Waals surface area (Å²) in [5, 5.41) is 8.74. The third-order valence-electron chi connectivity index (χ3n) is 2.16. The Morgan fingerprint density at radius 3 is 2.81 bits per heavy atom. The van der Waals surface area contributed by atoms with Gasteiger partial charge in [0.25, 0.3) is 0 Å². The van der Waals surface area contributed by atoms with Crippen LogP contribution in [0, 0.1) is 17.1 Å². The van der Waals surface area contributed by atoms with E-state index in [0.29, 0.717) is 25.1 Å². The Kier molecular flexibility index (Phi) is 4.74. The molecule has 1 aromatic rings. The highest BCUT2D eigenvalue weighted by atomic mass is 19.1. The lowest BCUT2D eigenvalue weighted by molar-refractivity contribution is 0.250. The molecule has 1 unspecified atom stereocenters. The van der Waals surface area contributed by atoms with Crippen molar-refractivity contribution in [3.63, 3.8) is 0 Å². The van der Waals surface area contributed by atoms with Gasteiger partial charge in [-0.2, -0.15) is 5.26 Å². The molecular weight excluding hydrogens is 207 g/mol. The van der Waals surface area contributed by atoms with Crippen LogP contribution in [0.2, 0.25) is 0 Å². The molecule has 0 spiro atoms. The van der Waals surface area contributed by atoms with Gasteiger partial charge >= 0.3 is 0 Å². The largest absolute Gasteiger partial charge is 0.475 e. The first-order chi connectivity index (χ1) is 7.69. The molecule has 0 heterocycles. The molecule has 0 aliphatic carbocycles. The lowest BCUT2D eigenvalue weighted by Crippen LogP contribution is -2.12. The average molecular weight is 222 g/mol. The molecule has 0 radical (unpaired) electrons. The number of nitriles is 1. The summed E-state index contributed by atoms with van der Waals surface area (Å²) >= 11 is 0. The highest BCUT2D eigenvalue weighted by Gasteiger charge is 2.08. The van der Waals surface area contributed by atoms with E-state index < -0.39 is 6.10 Å². The van der Waals surface area contributed by atoms with Crippen LogP contribution < -0.4 is 10.5 Å². The van der Waals surface area contributed by atoms with Crippen molar-refractivity contribution in [1.29, 1.82) is 5.26 Å². The molecule has 86 valence electrons. The Labute approximate surface area is 94.6 Å². The fourth-order valence-corrected chi connectivity index (χ4v) is 1.37. The van der Waals surface area contributed by atoms with E-state index in [2.05, 4.69) is 0 Å². The monoisotopic (exact) mass is 222 g/mol. The van der Waals surface area contributed by atoms with E-state index in [4.69, 9.17) is 15.7 Å². The van der Waals surface area contributed by atoms with Gasteiger partial charge in [-0.25, -0.2) is 4.39 Å². The van der Waals surface area contributed by atoms with Crippen LogP contribution in [0.1, 0.15) is 18.9 Å². The van der Waals surface area contributed by atoms with Crippen molar-refractivity contribution in [3.05, 3.63) is 29.6 Å². The molecule has 0 aromatic heterocycles. The smallest absolute Gasteiger partial charge is 0.184 e. The number of hydrogen-bond donors (Lipinski definition) is 1. The molecule has 2 N–H and O–H groups in total. The first-order valence-corrected chi connectivity index (χ1v) is 5.25.